The molecule has 0 spiro atoms. The molecule has 2 heterocycles. The number of hydrogen-bond acceptors (Lipinski definition) is 5. The Bertz CT molecular complexity index is 254. The van der Waals surface area contributed by atoms with Gasteiger partial charge in [0.25, 0.3) is 0 Å². The van der Waals surface area contributed by atoms with Crippen LogP contribution in [0.1, 0.15) is 0 Å². The van der Waals surface area contributed by atoms with Crippen LogP contribution in [0.2, 0.25) is 0 Å². The number of allylic oxidation sites excluding steroid dienone is 4. The van der Waals surface area contributed by atoms with Crippen molar-refractivity contribution in [3.05, 3.63) is 49.1 Å². The molecule has 0 atom stereocenters. The molecule has 2 rings (SSSR count). The first-order valence-electron chi connectivity index (χ1n) is 3.91. The SMILES string of the molecule is C1=CNN(ON2C=CC=CN2)C=C1. The van der Waals surface area contributed by atoms with Gasteiger partial charge < -0.3 is 0 Å². The highest BCUT2D eigenvalue weighted by Gasteiger charge is 2.04. The van der Waals surface area contributed by atoms with Gasteiger partial charge in [0, 0.05) is 12.4 Å². The van der Waals surface area contributed by atoms with E-state index in [2.05, 4.69) is 10.9 Å². The fourth-order valence-corrected chi connectivity index (χ4v) is 0.882. The molecule has 0 aromatic rings. The lowest BCUT2D eigenvalue weighted by Crippen LogP contribution is -2.41. The van der Waals surface area contributed by atoms with Crippen molar-refractivity contribution in [1.29, 1.82) is 0 Å². The maximum absolute atomic E-state index is 5.30. The molecule has 2 aliphatic heterocycles. The summed E-state index contributed by atoms with van der Waals surface area (Å²) in [7, 11) is 0. The Balaban J connectivity index is 1.84. The van der Waals surface area contributed by atoms with E-state index in [1.807, 2.05) is 24.3 Å². The fraction of sp³-hybridized carbons (Fsp3) is 0. The van der Waals surface area contributed by atoms with E-state index in [1.165, 1.54) is 10.3 Å². The number of nitrogens with one attached hydrogen (secondary N) is 2. The second kappa shape index (κ2) is 3.68. The van der Waals surface area contributed by atoms with Gasteiger partial charge in [-0.15, -0.1) is 15.3 Å². The molecule has 0 bridgehead atoms. The Hall–Kier alpha value is -1.88. The monoisotopic (exact) mass is 178 g/mol. The van der Waals surface area contributed by atoms with Crippen molar-refractivity contribution in [3.63, 3.8) is 0 Å². The van der Waals surface area contributed by atoms with Gasteiger partial charge >= 0.3 is 0 Å². The van der Waals surface area contributed by atoms with Crippen molar-refractivity contribution in [3.8, 4) is 0 Å². The highest BCUT2D eigenvalue weighted by Crippen LogP contribution is 1.99. The predicted octanol–water partition coefficient (Wildman–Crippen LogP) is 0.528. The minimum Gasteiger partial charge on any atom is -0.280 e. The zero-order valence-electron chi connectivity index (χ0n) is 6.92. The van der Waals surface area contributed by atoms with Crippen LogP contribution in [0, 0.1) is 0 Å². The first kappa shape index (κ1) is 7.75. The zero-order valence-corrected chi connectivity index (χ0v) is 6.92. The minimum absolute atomic E-state index is 1.47. The van der Waals surface area contributed by atoms with E-state index in [0.29, 0.717) is 0 Å². The number of nitrogens with zero attached hydrogens (tertiary/aromatic N) is 2. The molecule has 0 saturated heterocycles. The first-order chi connectivity index (χ1) is 6.45. The van der Waals surface area contributed by atoms with Crippen molar-refractivity contribution < 1.29 is 4.94 Å². The second-order valence-corrected chi connectivity index (χ2v) is 2.39. The van der Waals surface area contributed by atoms with Gasteiger partial charge in [0.15, 0.2) is 0 Å². The summed E-state index contributed by atoms with van der Waals surface area (Å²) < 4.78 is 0. The van der Waals surface area contributed by atoms with E-state index in [9.17, 15) is 0 Å². The summed E-state index contributed by atoms with van der Waals surface area (Å²) in [6.45, 7) is 0. The predicted molar refractivity (Wildman–Crippen MR) is 47.6 cm³/mol. The third kappa shape index (κ3) is 2.03. The molecule has 2 N–H and O–H groups in total. The highest BCUT2D eigenvalue weighted by molar-refractivity contribution is 5.04. The number of hydroxylamine groups is 2. The van der Waals surface area contributed by atoms with E-state index in [4.69, 9.17) is 4.94 Å². The van der Waals surface area contributed by atoms with E-state index < -0.39 is 0 Å². The van der Waals surface area contributed by atoms with Crippen LogP contribution in [0.15, 0.2) is 49.1 Å². The Morgan fingerprint density at radius 2 is 1.31 bits per heavy atom. The quantitative estimate of drug-likeness (QED) is 0.645. The van der Waals surface area contributed by atoms with Gasteiger partial charge in [-0.3, -0.25) is 10.9 Å². The molecule has 0 radical (unpaired) electrons. The van der Waals surface area contributed by atoms with Crippen molar-refractivity contribution in [1.82, 2.24) is 21.2 Å². The first-order valence-corrected chi connectivity index (χ1v) is 3.91. The maximum atomic E-state index is 5.30. The van der Waals surface area contributed by atoms with Crippen LogP contribution in [-0.2, 0) is 4.94 Å². The topological polar surface area (TPSA) is 39.8 Å². The van der Waals surface area contributed by atoms with E-state index >= 15 is 0 Å². The Labute approximate surface area is 76.1 Å². The summed E-state index contributed by atoms with van der Waals surface area (Å²) in [6.07, 6.45) is 14.5. The lowest BCUT2D eigenvalue weighted by molar-refractivity contribution is -0.314. The van der Waals surface area contributed by atoms with Gasteiger partial charge in [-0.2, -0.15) is 0 Å². The lowest BCUT2D eigenvalue weighted by Gasteiger charge is -2.27. The molecule has 5 heteroatoms. The summed E-state index contributed by atoms with van der Waals surface area (Å²) >= 11 is 0. The smallest absolute Gasteiger partial charge is 0.0543 e. The van der Waals surface area contributed by atoms with Gasteiger partial charge in [0.2, 0.25) is 0 Å². The van der Waals surface area contributed by atoms with Crippen LogP contribution >= 0.6 is 0 Å². The number of hydrogen-bond donors (Lipinski definition) is 2. The van der Waals surface area contributed by atoms with E-state index in [1.54, 1.807) is 24.8 Å². The van der Waals surface area contributed by atoms with Crippen molar-refractivity contribution in [2.24, 2.45) is 0 Å². The van der Waals surface area contributed by atoms with Gasteiger partial charge in [-0.25, -0.2) is 0 Å². The molecule has 0 aromatic carbocycles. The molecule has 0 amide bonds. The molecular formula is C8H10N4O. The van der Waals surface area contributed by atoms with Crippen LogP contribution in [0.5, 0.6) is 0 Å². The fourth-order valence-electron chi connectivity index (χ4n) is 0.882. The zero-order chi connectivity index (χ0) is 8.93. The third-order valence-electron chi connectivity index (χ3n) is 1.44. The summed E-state index contributed by atoms with van der Waals surface area (Å²) in [6, 6.07) is 0. The average Bonchev–Trinajstić information content (AvgIpc) is 2.21. The van der Waals surface area contributed by atoms with Gasteiger partial charge in [-0.05, 0) is 24.3 Å². The Kier molecular flexibility index (Phi) is 2.20. The number of hydrazine groups is 2. The van der Waals surface area contributed by atoms with Gasteiger partial charge in [0.1, 0.15) is 0 Å². The standard InChI is InChI=1S/C8H10N4O/c1-3-7-11(9-5-1)13-12-8-4-2-6-10-12/h1-10H. The van der Waals surface area contributed by atoms with Gasteiger partial charge in [0.05, 0.1) is 12.4 Å². The van der Waals surface area contributed by atoms with Crippen LogP contribution in [0.3, 0.4) is 0 Å². The second-order valence-electron chi connectivity index (χ2n) is 2.39. The van der Waals surface area contributed by atoms with Gasteiger partial charge in [-0.1, -0.05) is 0 Å². The van der Waals surface area contributed by atoms with Crippen LogP contribution in [0.4, 0.5) is 0 Å². The van der Waals surface area contributed by atoms with Crippen LogP contribution in [0.25, 0.3) is 0 Å². The molecule has 0 aromatic heterocycles. The average molecular weight is 178 g/mol. The van der Waals surface area contributed by atoms with Crippen molar-refractivity contribution >= 4 is 0 Å². The summed E-state index contributed by atoms with van der Waals surface area (Å²) in [5, 5.41) is 2.94. The molecule has 0 aliphatic carbocycles. The Morgan fingerprint density at radius 1 is 0.769 bits per heavy atom. The maximum Gasteiger partial charge on any atom is 0.0543 e. The molecule has 0 unspecified atom stereocenters. The number of rotatable bonds is 2. The molecular weight excluding hydrogens is 168 g/mol. The lowest BCUT2D eigenvalue weighted by atomic mass is 10.5. The van der Waals surface area contributed by atoms with Crippen molar-refractivity contribution in [2.75, 3.05) is 0 Å². The minimum atomic E-state index is 1.47. The molecule has 13 heavy (non-hydrogen) atoms. The summed E-state index contributed by atoms with van der Waals surface area (Å²) in [5.74, 6) is 0. The highest BCUT2D eigenvalue weighted by atomic mass is 16.9. The molecule has 2 aliphatic rings. The molecule has 0 saturated carbocycles. The normalized spacial score (nSPS) is 18.8. The molecule has 0 fully saturated rings. The molecule has 68 valence electrons. The third-order valence-corrected chi connectivity index (χ3v) is 1.44. The van der Waals surface area contributed by atoms with Crippen molar-refractivity contribution in [2.45, 2.75) is 0 Å². The van der Waals surface area contributed by atoms with E-state index in [-0.39, 0.29) is 0 Å². The van der Waals surface area contributed by atoms with E-state index in [0.717, 1.165) is 0 Å². The van der Waals surface area contributed by atoms with Crippen LogP contribution in [-0.4, -0.2) is 10.3 Å². The summed E-state index contributed by atoms with van der Waals surface area (Å²) in [4.78, 5) is 5.30. The summed E-state index contributed by atoms with van der Waals surface area (Å²) in [5.41, 5.74) is 5.74. The Morgan fingerprint density at radius 3 is 1.69 bits per heavy atom. The van der Waals surface area contributed by atoms with Crippen LogP contribution < -0.4 is 10.9 Å². The largest absolute Gasteiger partial charge is 0.280 e. The molecule has 5 nitrogen and oxygen atoms in total.